The van der Waals surface area contributed by atoms with Gasteiger partial charge in [0.05, 0.1) is 19.3 Å². The Hall–Kier alpha value is -0.160. The van der Waals surface area contributed by atoms with Crippen LogP contribution in [0.2, 0.25) is 0 Å². The standard InChI is InChI=1S/C12H21NO3/c14-11-3-4-12(15-7-8-16-12)9-10(11)13-5-1-2-6-13/h10-11,14H,1-9H2/t10-,11+/m1/s1. The summed E-state index contributed by atoms with van der Waals surface area (Å²) in [4.78, 5) is 2.41. The summed E-state index contributed by atoms with van der Waals surface area (Å²) in [6.45, 7) is 3.67. The third-order valence-corrected chi connectivity index (χ3v) is 4.21. The van der Waals surface area contributed by atoms with E-state index in [0.717, 1.165) is 32.4 Å². The van der Waals surface area contributed by atoms with Crippen LogP contribution in [0, 0.1) is 0 Å². The molecule has 2 aliphatic heterocycles. The summed E-state index contributed by atoms with van der Waals surface area (Å²) in [5, 5.41) is 10.1. The molecular formula is C12H21NO3. The average molecular weight is 227 g/mol. The van der Waals surface area contributed by atoms with Gasteiger partial charge in [-0.15, -0.1) is 0 Å². The SMILES string of the molecule is O[C@H]1CCC2(C[C@H]1N1CCCC1)OCCO2. The third-order valence-electron chi connectivity index (χ3n) is 4.21. The summed E-state index contributed by atoms with van der Waals surface area (Å²) in [7, 11) is 0. The first-order valence-electron chi connectivity index (χ1n) is 6.49. The van der Waals surface area contributed by atoms with Crippen LogP contribution in [0.3, 0.4) is 0 Å². The Morgan fingerprint density at radius 3 is 2.50 bits per heavy atom. The molecule has 0 aromatic heterocycles. The lowest BCUT2D eigenvalue weighted by Crippen LogP contribution is -2.52. The first kappa shape index (κ1) is 11.0. The minimum atomic E-state index is -0.369. The van der Waals surface area contributed by atoms with Crippen molar-refractivity contribution in [2.24, 2.45) is 0 Å². The number of nitrogens with zero attached hydrogens (tertiary/aromatic N) is 1. The molecular weight excluding hydrogens is 206 g/mol. The fourth-order valence-electron chi connectivity index (χ4n) is 3.32. The Morgan fingerprint density at radius 1 is 1.12 bits per heavy atom. The number of ether oxygens (including phenoxy) is 2. The van der Waals surface area contributed by atoms with Gasteiger partial charge in [-0.05, 0) is 32.4 Å². The summed E-state index contributed by atoms with van der Waals surface area (Å²) < 4.78 is 11.5. The van der Waals surface area contributed by atoms with E-state index in [1.165, 1.54) is 12.8 Å². The van der Waals surface area contributed by atoms with Gasteiger partial charge in [0, 0.05) is 18.9 Å². The van der Waals surface area contributed by atoms with Gasteiger partial charge in [0.15, 0.2) is 5.79 Å². The highest BCUT2D eigenvalue weighted by Crippen LogP contribution is 2.38. The van der Waals surface area contributed by atoms with Crippen molar-refractivity contribution >= 4 is 0 Å². The number of aliphatic hydroxyl groups excluding tert-OH is 1. The van der Waals surface area contributed by atoms with Crippen molar-refractivity contribution in [2.75, 3.05) is 26.3 Å². The van der Waals surface area contributed by atoms with Gasteiger partial charge < -0.3 is 14.6 Å². The Balaban J connectivity index is 1.70. The minimum Gasteiger partial charge on any atom is -0.391 e. The van der Waals surface area contributed by atoms with Crippen LogP contribution >= 0.6 is 0 Å². The Labute approximate surface area is 96.5 Å². The predicted molar refractivity (Wildman–Crippen MR) is 59.1 cm³/mol. The molecule has 92 valence electrons. The number of hydrogen-bond donors (Lipinski definition) is 1. The molecule has 3 rings (SSSR count). The van der Waals surface area contributed by atoms with Crippen LogP contribution in [0.15, 0.2) is 0 Å². The van der Waals surface area contributed by atoms with E-state index >= 15 is 0 Å². The first-order valence-corrected chi connectivity index (χ1v) is 6.49. The second-order valence-corrected chi connectivity index (χ2v) is 5.23. The summed E-state index contributed by atoms with van der Waals surface area (Å²) in [5.41, 5.74) is 0. The summed E-state index contributed by atoms with van der Waals surface area (Å²) >= 11 is 0. The second-order valence-electron chi connectivity index (χ2n) is 5.23. The maximum absolute atomic E-state index is 10.1. The molecule has 2 saturated heterocycles. The fraction of sp³-hybridized carbons (Fsp3) is 1.00. The lowest BCUT2D eigenvalue weighted by Gasteiger charge is -2.42. The molecule has 4 nitrogen and oxygen atoms in total. The third kappa shape index (κ3) is 1.88. The van der Waals surface area contributed by atoms with Crippen LogP contribution in [-0.2, 0) is 9.47 Å². The van der Waals surface area contributed by atoms with Gasteiger partial charge in [0.1, 0.15) is 0 Å². The Bertz CT molecular complexity index is 247. The molecule has 1 aliphatic carbocycles. The molecule has 0 aromatic carbocycles. The number of aliphatic hydroxyl groups is 1. The smallest absolute Gasteiger partial charge is 0.170 e. The topological polar surface area (TPSA) is 41.9 Å². The van der Waals surface area contributed by atoms with Gasteiger partial charge in [-0.1, -0.05) is 0 Å². The van der Waals surface area contributed by atoms with Gasteiger partial charge in [0.2, 0.25) is 0 Å². The van der Waals surface area contributed by atoms with E-state index < -0.39 is 0 Å². The summed E-state index contributed by atoms with van der Waals surface area (Å²) in [6.07, 6.45) is 4.82. The fourth-order valence-corrected chi connectivity index (χ4v) is 3.32. The molecule has 3 aliphatic rings. The first-order chi connectivity index (χ1) is 7.79. The van der Waals surface area contributed by atoms with E-state index in [-0.39, 0.29) is 17.9 Å². The number of rotatable bonds is 1. The molecule has 1 spiro atoms. The molecule has 0 radical (unpaired) electrons. The normalized spacial score (nSPS) is 39.6. The van der Waals surface area contributed by atoms with Crippen molar-refractivity contribution in [2.45, 2.75) is 50.0 Å². The summed E-state index contributed by atoms with van der Waals surface area (Å²) in [6, 6.07) is 0.245. The summed E-state index contributed by atoms with van der Waals surface area (Å²) in [5.74, 6) is -0.369. The molecule has 0 unspecified atom stereocenters. The molecule has 2 atom stereocenters. The lowest BCUT2D eigenvalue weighted by atomic mass is 9.86. The van der Waals surface area contributed by atoms with Crippen molar-refractivity contribution in [1.29, 1.82) is 0 Å². The highest BCUT2D eigenvalue weighted by molar-refractivity contribution is 4.94. The van der Waals surface area contributed by atoms with E-state index in [9.17, 15) is 5.11 Å². The van der Waals surface area contributed by atoms with Crippen LogP contribution in [0.1, 0.15) is 32.1 Å². The van der Waals surface area contributed by atoms with Crippen LogP contribution in [0.25, 0.3) is 0 Å². The molecule has 3 fully saturated rings. The van der Waals surface area contributed by atoms with E-state index in [2.05, 4.69) is 4.90 Å². The molecule has 2 heterocycles. The zero-order valence-corrected chi connectivity index (χ0v) is 9.73. The van der Waals surface area contributed by atoms with Crippen LogP contribution in [0.4, 0.5) is 0 Å². The number of likely N-dealkylation sites (tertiary alicyclic amines) is 1. The monoisotopic (exact) mass is 227 g/mol. The second kappa shape index (κ2) is 4.26. The van der Waals surface area contributed by atoms with Crippen molar-refractivity contribution in [3.8, 4) is 0 Å². The maximum Gasteiger partial charge on any atom is 0.170 e. The molecule has 16 heavy (non-hydrogen) atoms. The highest BCUT2D eigenvalue weighted by Gasteiger charge is 2.46. The molecule has 4 heteroatoms. The minimum absolute atomic E-state index is 0.198. The van der Waals surface area contributed by atoms with E-state index in [4.69, 9.17) is 9.47 Å². The lowest BCUT2D eigenvalue weighted by molar-refractivity contribution is -0.204. The van der Waals surface area contributed by atoms with Crippen LogP contribution < -0.4 is 0 Å². The van der Waals surface area contributed by atoms with Crippen molar-refractivity contribution in [3.05, 3.63) is 0 Å². The van der Waals surface area contributed by atoms with Crippen LogP contribution in [0.5, 0.6) is 0 Å². The van der Waals surface area contributed by atoms with Crippen LogP contribution in [-0.4, -0.2) is 54.2 Å². The molecule has 0 aromatic rings. The van der Waals surface area contributed by atoms with E-state index in [1.807, 2.05) is 0 Å². The van der Waals surface area contributed by atoms with Gasteiger partial charge in [-0.2, -0.15) is 0 Å². The van der Waals surface area contributed by atoms with E-state index in [1.54, 1.807) is 0 Å². The van der Waals surface area contributed by atoms with E-state index in [0.29, 0.717) is 13.2 Å². The average Bonchev–Trinajstić information content (AvgIpc) is 2.94. The largest absolute Gasteiger partial charge is 0.391 e. The van der Waals surface area contributed by atoms with Crippen molar-refractivity contribution in [1.82, 2.24) is 4.90 Å². The van der Waals surface area contributed by atoms with Crippen molar-refractivity contribution in [3.63, 3.8) is 0 Å². The van der Waals surface area contributed by atoms with Gasteiger partial charge in [0.25, 0.3) is 0 Å². The van der Waals surface area contributed by atoms with Crippen molar-refractivity contribution < 1.29 is 14.6 Å². The highest BCUT2D eigenvalue weighted by atomic mass is 16.7. The molecule has 0 amide bonds. The predicted octanol–water partition coefficient (Wildman–Crippen LogP) is 0.739. The molecule has 1 N–H and O–H groups in total. The zero-order valence-electron chi connectivity index (χ0n) is 9.73. The van der Waals surface area contributed by atoms with Gasteiger partial charge in [-0.3, -0.25) is 4.90 Å². The molecule has 1 saturated carbocycles. The zero-order chi connectivity index (χ0) is 11.0. The van der Waals surface area contributed by atoms with Gasteiger partial charge >= 0.3 is 0 Å². The quantitative estimate of drug-likeness (QED) is 0.717. The van der Waals surface area contributed by atoms with Gasteiger partial charge in [-0.25, -0.2) is 0 Å². The maximum atomic E-state index is 10.1. The number of hydrogen-bond acceptors (Lipinski definition) is 4. The Morgan fingerprint density at radius 2 is 1.81 bits per heavy atom. The Kier molecular flexibility index (Phi) is 2.92. The molecule has 0 bridgehead atoms.